The van der Waals surface area contributed by atoms with E-state index in [1.54, 1.807) is 0 Å². The van der Waals surface area contributed by atoms with Crippen molar-refractivity contribution in [2.24, 2.45) is 0 Å². The molecule has 1 aliphatic rings. The van der Waals surface area contributed by atoms with Crippen LogP contribution in [-0.2, 0) is 0 Å². The SMILES string of the molecule is Cc1cc([NH3+])ccc1N1CCN(c2ccc(C#N)cc2)CC1. The zero-order valence-corrected chi connectivity index (χ0v) is 12.9. The molecule has 4 heteroatoms. The van der Waals surface area contributed by atoms with E-state index in [9.17, 15) is 0 Å². The Hall–Kier alpha value is -2.51. The van der Waals surface area contributed by atoms with Crippen LogP contribution >= 0.6 is 0 Å². The van der Waals surface area contributed by atoms with Gasteiger partial charge in [0, 0.05) is 49.7 Å². The molecule has 4 nitrogen and oxygen atoms in total. The fourth-order valence-corrected chi connectivity index (χ4v) is 3.02. The summed E-state index contributed by atoms with van der Waals surface area (Å²) in [6, 6.07) is 16.4. The standard InChI is InChI=1S/C18H20N4/c1-14-12-16(20)4-7-18(14)22-10-8-21(9-11-22)17-5-2-15(13-19)3-6-17/h2-7,12H,8-11,20H2,1H3/p+1. The minimum Gasteiger partial charge on any atom is -0.368 e. The smallest absolute Gasteiger partial charge is 0.128 e. The van der Waals surface area contributed by atoms with Crippen molar-refractivity contribution >= 4 is 17.1 Å². The van der Waals surface area contributed by atoms with Gasteiger partial charge in [0.05, 0.1) is 11.6 Å². The third-order valence-corrected chi connectivity index (χ3v) is 4.24. The monoisotopic (exact) mass is 293 g/mol. The van der Waals surface area contributed by atoms with E-state index >= 15 is 0 Å². The number of quaternary nitrogens is 1. The topological polar surface area (TPSA) is 57.9 Å². The molecule has 2 aromatic carbocycles. The Bertz CT molecular complexity index is 692. The molecule has 3 N–H and O–H groups in total. The summed E-state index contributed by atoms with van der Waals surface area (Å²) < 4.78 is 0. The zero-order valence-electron chi connectivity index (χ0n) is 12.9. The average Bonchev–Trinajstić information content (AvgIpc) is 2.55. The number of piperazine rings is 1. The number of rotatable bonds is 2. The van der Waals surface area contributed by atoms with Gasteiger partial charge in [0.25, 0.3) is 0 Å². The number of nitriles is 1. The van der Waals surface area contributed by atoms with E-state index in [0.29, 0.717) is 5.56 Å². The predicted molar refractivity (Wildman–Crippen MR) is 89.3 cm³/mol. The second-order valence-corrected chi connectivity index (χ2v) is 5.75. The van der Waals surface area contributed by atoms with Crippen molar-refractivity contribution in [3.05, 3.63) is 53.6 Å². The molecule has 0 saturated carbocycles. The molecule has 0 aromatic heterocycles. The van der Waals surface area contributed by atoms with Gasteiger partial charge in [0.15, 0.2) is 0 Å². The fraction of sp³-hybridized carbons (Fsp3) is 0.278. The first kappa shape index (κ1) is 14.4. The minimum atomic E-state index is 0.714. The van der Waals surface area contributed by atoms with Crippen molar-refractivity contribution in [3.63, 3.8) is 0 Å². The molecular weight excluding hydrogens is 272 g/mol. The zero-order chi connectivity index (χ0) is 15.5. The van der Waals surface area contributed by atoms with Crippen LogP contribution in [-0.4, -0.2) is 26.2 Å². The van der Waals surface area contributed by atoms with Gasteiger partial charge in [-0.15, -0.1) is 0 Å². The summed E-state index contributed by atoms with van der Waals surface area (Å²) in [6.45, 7) is 6.17. The molecule has 0 aliphatic carbocycles. The summed E-state index contributed by atoms with van der Waals surface area (Å²) in [4.78, 5) is 4.82. The maximum atomic E-state index is 8.87. The average molecular weight is 293 g/mol. The number of anilines is 2. The number of benzene rings is 2. The molecule has 1 heterocycles. The van der Waals surface area contributed by atoms with Gasteiger partial charge in [-0.1, -0.05) is 0 Å². The van der Waals surface area contributed by atoms with E-state index in [1.165, 1.54) is 16.9 Å². The van der Waals surface area contributed by atoms with E-state index in [-0.39, 0.29) is 0 Å². The van der Waals surface area contributed by atoms with Crippen LogP contribution in [0, 0.1) is 18.3 Å². The third-order valence-electron chi connectivity index (χ3n) is 4.24. The summed E-state index contributed by atoms with van der Waals surface area (Å²) in [5.41, 5.74) is 9.57. The Morgan fingerprint density at radius 1 is 0.955 bits per heavy atom. The van der Waals surface area contributed by atoms with Gasteiger partial charge in [0.2, 0.25) is 0 Å². The Balaban J connectivity index is 1.68. The minimum absolute atomic E-state index is 0.714. The van der Waals surface area contributed by atoms with Crippen LogP contribution in [0.1, 0.15) is 11.1 Å². The number of hydrogen-bond acceptors (Lipinski definition) is 3. The van der Waals surface area contributed by atoms with Crippen molar-refractivity contribution in [1.82, 2.24) is 0 Å². The fourth-order valence-electron chi connectivity index (χ4n) is 3.02. The van der Waals surface area contributed by atoms with Gasteiger partial charge in [-0.05, 0) is 42.8 Å². The lowest BCUT2D eigenvalue weighted by molar-refractivity contribution is -0.254. The summed E-state index contributed by atoms with van der Waals surface area (Å²) in [6.07, 6.45) is 0. The summed E-state index contributed by atoms with van der Waals surface area (Å²) in [5.74, 6) is 0. The highest BCUT2D eigenvalue weighted by molar-refractivity contribution is 5.59. The van der Waals surface area contributed by atoms with Crippen LogP contribution < -0.4 is 15.5 Å². The first-order valence-electron chi connectivity index (χ1n) is 7.60. The summed E-state index contributed by atoms with van der Waals surface area (Å²) in [7, 11) is 0. The summed E-state index contributed by atoms with van der Waals surface area (Å²) in [5, 5.41) is 8.87. The maximum absolute atomic E-state index is 8.87. The lowest BCUT2D eigenvalue weighted by Gasteiger charge is -2.38. The highest BCUT2D eigenvalue weighted by Gasteiger charge is 2.18. The molecule has 0 amide bonds. The van der Waals surface area contributed by atoms with Crippen LogP contribution in [0.25, 0.3) is 0 Å². The highest BCUT2D eigenvalue weighted by atomic mass is 15.3. The number of hydrogen-bond donors (Lipinski definition) is 1. The molecular formula is C18H21N4+. The van der Waals surface area contributed by atoms with E-state index in [4.69, 9.17) is 5.26 Å². The second kappa shape index (κ2) is 6.08. The quantitative estimate of drug-likeness (QED) is 0.922. The number of nitrogens with zero attached hydrogens (tertiary/aromatic N) is 3. The Kier molecular flexibility index (Phi) is 3.99. The lowest BCUT2D eigenvalue weighted by Crippen LogP contribution is -2.47. The molecule has 0 bridgehead atoms. The van der Waals surface area contributed by atoms with Crippen LogP contribution in [0.5, 0.6) is 0 Å². The van der Waals surface area contributed by atoms with Gasteiger partial charge in [-0.2, -0.15) is 5.26 Å². The molecule has 0 atom stereocenters. The van der Waals surface area contributed by atoms with Crippen molar-refractivity contribution in [1.29, 1.82) is 5.26 Å². The molecule has 1 saturated heterocycles. The van der Waals surface area contributed by atoms with Gasteiger partial charge >= 0.3 is 0 Å². The summed E-state index contributed by atoms with van der Waals surface area (Å²) >= 11 is 0. The van der Waals surface area contributed by atoms with E-state index in [2.05, 4.69) is 46.7 Å². The maximum Gasteiger partial charge on any atom is 0.128 e. The molecule has 0 spiro atoms. The Labute approximate surface area is 131 Å². The van der Waals surface area contributed by atoms with Crippen LogP contribution in [0.3, 0.4) is 0 Å². The molecule has 1 aliphatic heterocycles. The molecule has 22 heavy (non-hydrogen) atoms. The van der Waals surface area contributed by atoms with Crippen LogP contribution in [0.2, 0.25) is 0 Å². The molecule has 0 radical (unpaired) electrons. The first-order chi connectivity index (χ1) is 10.7. The van der Waals surface area contributed by atoms with E-state index in [0.717, 1.165) is 31.9 Å². The van der Waals surface area contributed by atoms with Crippen molar-refractivity contribution in [2.45, 2.75) is 6.92 Å². The van der Waals surface area contributed by atoms with E-state index in [1.807, 2.05) is 24.3 Å². The molecule has 0 unspecified atom stereocenters. The van der Waals surface area contributed by atoms with Crippen LogP contribution in [0.15, 0.2) is 42.5 Å². The normalized spacial score (nSPS) is 14.8. The van der Waals surface area contributed by atoms with Crippen LogP contribution in [0.4, 0.5) is 17.1 Å². The van der Waals surface area contributed by atoms with Gasteiger partial charge < -0.3 is 15.5 Å². The Morgan fingerprint density at radius 2 is 1.59 bits per heavy atom. The van der Waals surface area contributed by atoms with Gasteiger partial charge in [-0.25, -0.2) is 0 Å². The van der Waals surface area contributed by atoms with E-state index < -0.39 is 0 Å². The molecule has 1 fully saturated rings. The predicted octanol–water partition coefficient (Wildman–Crippen LogP) is 2.07. The molecule has 112 valence electrons. The number of aryl methyl sites for hydroxylation is 1. The Morgan fingerprint density at radius 3 is 2.18 bits per heavy atom. The third kappa shape index (κ3) is 2.90. The molecule has 2 aromatic rings. The first-order valence-corrected chi connectivity index (χ1v) is 7.60. The largest absolute Gasteiger partial charge is 0.368 e. The van der Waals surface area contributed by atoms with Crippen molar-refractivity contribution < 1.29 is 5.73 Å². The van der Waals surface area contributed by atoms with Gasteiger partial charge in [-0.3, -0.25) is 0 Å². The van der Waals surface area contributed by atoms with Crippen molar-refractivity contribution in [3.8, 4) is 6.07 Å². The highest BCUT2D eigenvalue weighted by Crippen LogP contribution is 2.24. The van der Waals surface area contributed by atoms with Gasteiger partial charge in [0.1, 0.15) is 5.69 Å². The molecule has 3 rings (SSSR count). The lowest BCUT2D eigenvalue weighted by atomic mass is 10.1. The second-order valence-electron chi connectivity index (χ2n) is 5.75. The van der Waals surface area contributed by atoms with Crippen molar-refractivity contribution in [2.75, 3.05) is 36.0 Å².